The number of nitrogens with zero attached hydrogens (tertiary/aromatic N) is 1. The standard InChI is InChI=1S/C12H18N2O2/c1-3-11(15)10(12(16)4-2)9-14-7-5-13-6-8-14/h3-4,10,13H,1-2,5-9H2. The van der Waals surface area contributed by atoms with Crippen molar-refractivity contribution in [3.63, 3.8) is 0 Å². The largest absolute Gasteiger partial charge is 0.314 e. The predicted octanol–water partition coefficient (Wildman–Crippen LogP) is 0.0180. The minimum atomic E-state index is -0.631. The molecule has 0 radical (unpaired) electrons. The molecule has 0 atom stereocenters. The molecule has 1 fully saturated rings. The van der Waals surface area contributed by atoms with Crippen molar-refractivity contribution in [1.82, 2.24) is 10.2 Å². The van der Waals surface area contributed by atoms with Gasteiger partial charge in [-0.2, -0.15) is 0 Å². The Morgan fingerprint density at radius 2 is 1.69 bits per heavy atom. The lowest BCUT2D eigenvalue weighted by Gasteiger charge is -2.29. The van der Waals surface area contributed by atoms with Gasteiger partial charge in [-0.25, -0.2) is 0 Å². The van der Waals surface area contributed by atoms with Crippen LogP contribution in [0.15, 0.2) is 25.3 Å². The predicted molar refractivity (Wildman–Crippen MR) is 63.2 cm³/mol. The third-order valence-electron chi connectivity index (χ3n) is 2.74. The number of allylic oxidation sites excluding steroid dienone is 2. The van der Waals surface area contributed by atoms with Crippen LogP contribution < -0.4 is 5.32 Å². The SMILES string of the molecule is C=CC(=O)C(CN1CCNCC1)C(=O)C=C. The monoisotopic (exact) mass is 222 g/mol. The minimum absolute atomic E-state index is 0.219. The first kappa shape index (κ1) is 12.8. The number of ketones is 2. The number of carbonyl (C=O) groups is 2. The molecule has 0 bridgehead atoms. The van der Waals surface area contributed by atoms with Gasteiger partial charge in [-0.15, -0.1) is 0 Å². The van der Waals surface area contributed by atoms with E-state index in [-0.39, 0.29) is 11.6 Å². The van der Waals surface area contributed by atoms with Crippen LogP contribution >= 0.6 is 0 Å². The van der Waals surface area contributed by atoms with E-state index in [1.807, 2.05) is 0 Å². The fourth-order valence-electron chi connectivity index (χ4n) is 1.76. The summed E-state index contributed by atoms with van der Waals surface area (Å²) < 4.78 is 0. The van der Waals surface area contributed by atoms with Crippen molar-refractivity contribution in [2.24, 2.45) is 5.92 Å². The van der Waals surface area contributed by atoms with Gasteiger partial charge in [-0.3, -0.25) is 14.5 Å². The summed E-state index contributed by atoms with van der Waals surface area (Å²) in [5.74, 6) is -1.07. The van der Waals surface area contributed by atoms with Crippen LogP contribution in [0.3, 0.4) is 0 Å². The smallest absolute Gasteiger partial charge is 0.167 e. The van der Waals surface area contributed by atoms with E-state index in [1.165, 1.54) is 12.2 Å². The third kappa shape index (κ3) is 3.40. The molecule has 4 heteroatoms. The number of hydrogen-bond acceptors (Lipinski definition) is 4. The second-order valence-corrected chi connectivity index (χ2v) is 3.82. The van der Waals surface area contributed by atoms with Crippen LogP contribution in [-0.4, -0.2) is 49.2 Å². The molecule has 1 rings (SSSR count). The topological polar surface area (TPSA) is 49.4 Å². The van der Waals surface area contributed by atoms with E-state index in [0.29, 0.717) is 6.54 Å². The normalized spacial score (nSPS) is 17.1. The van der Waals surface area contributed by atoms with E-state index >= 15 is 0 Å². The van der Waals surface area contributed by atoms with Crippen LogP contribution in [0, 0.1) is 5.92 Å². The molecule has 1 saturated heterocycles. The lowest BCUT2D eigenvalue weighted by atomic mass is 9.97. The van der Waals surface area contributed by atoms with Crippen molar-refractivity contribution < 1.29 is 9.59 Å². The van der Waals surface area contributed by atoms with Gasteiger partial charge in [0.25, 0.3) is 0 Å². The molecule has 0 unspecified atom stereocenters. The summed E-state index contributed by atoms with van der Waals surface area (Å²) >= 11 is 0. The molecule has 1 aliphatic rings. The van der Waals surface area contributed by atoms with Gasteiger partial charge in [0.15, 0.2) is 11.6 Å². The summed E-state index contributed by atoms with van der Waals surface area (Å²) in [6, 6.07) is 0. The Morgan fingerprint density at radius 1 is 1.19 bits per heavy atom. The van der Waals surface area contributed by atoms with Crippen LogP contribution in [-0.2, 0) is 9.59 Å². The summed E-state index contributed by atoms with van der Waals surface area (Å²) in [7, 11) is 0. The molecule has 1 aliphatic heterocycles. The molecule has 4 nitrogen and oxygen atoms in total. The Morgan fingerprint density at radius 3 is 2.12 bits per heavy atom. The zero-order chi connectivity index (χ0) is 12.0. The Balaban J connectivity index is 2.61. The average Bonchev–Trinajstić information content (AvgIpc) is 2.35. The zero-order valence-corrected chi connectivity index (χ0v) is 9.45. The van der Waals surface area contributed by atoms with Gasteiger partial charge in [-0.1, -0.05) is 13.2 Å². The van der Waals surface area contributed by atoms with E-state index in [2.05, 4.69) is 23.4 Å². The maximum absolute atomic E-state index is 11.6. The van der Waals surface area contributed by atoms with Gasteiger partial charge in [0, 0.05) is 32.7 Å². The molecule has 1 N–H and O–H groups in total. The van der Waals surface area contributed by atoms with Gasteiger partial charge in [-0.05, 0) is 12.2 Å². The molecular weight excluding hydrogens is 204 g/mol. The quantitative estimate of drug-likeness (QED) is 0.508. The van der Waals surface area contributed by atoms with Crippen molar-refractivity contribution in [2.75, 3.05) is 32.7 Å². The Hall–Kier alpha value is -1.26. The van der Waals surface area contributed by atoms with Crippen LogP contribution in [0.2, 0.25) is 0 Å². The highest BCUT2D eigenvalue weighted by atomic mass is 16.1. The van der Waals surface area contributed by atoms with Gasteiger partial charge in [0.05, 0.1) is 5.92 Å². The Labute approximate surface area is 96.0 Å². The van der Waals surface area contributed by atoms with Crippen LogP contribution in [0.4, 0.5) is 0 Å². The van der Waals surface area contributed by atoms with Gasteiger partial charge in [0.2, 0.25) is 0 Å². The van der Waals surface area contributed by atoms with E-state index in [0.717, 1.165) is 26.2 Å². The second kappa shape index (κ2) is 6.35. The molecule has 16 heavy (non-hydrogen) atoms. The Kier molecular flexibility index (Phi) is 5.08. The van der Waals surface area contributed by atoms with Gasteiger partial charge in [0.1, 0.15) is 0 Å². The molecule has 0 aromatic carbocycles. The van der Waals surface area contributed by atoms with E-state index < -0.39 is 5.92 Å². The van der Waals surface area contributed by atoms with Crippen molar-refractivity contribution in [1.29, 1.82) is 0 Å². The van der Waals surface area contributed by atoms with Crippen molar-refractivity contribution >= 4 is 11.6 Å². The number of nitrogens with one attached hydrogen (secondary N) is 1. The molecular formula is C12H18N2O2. The zero-order valence-electron chi connectivity index (χ0n) is 9.45. The maximum Gasteiger partial charge on any atom is 0.167 e. The molecule has 0 spiro atoms. The lowest BCUT2D eigenvalue weighted by molar-refractivity contribution is -0.128. The first-order chi connectivity index (χ1) is 7.69. The molecule has 88 valence electrons. The number of piperazine rings is 1. The number of hydrogen-bond donors (Lipinski definition) is 1. The fourth-order valence-corrected chi connectivity index (χ4v) is 1.76. The summed E-state index contributed by atoms with van der Waals surface area (Å²) in [5.41, 5.74) is 0. The highest BCUT2D eigenvalue weighted by Crippen LogP contribution is 2.07. The summed E-state index contributed by atoms with van der Waals surface area (Å²) in [6.45, 7) is 10.9. The molecule has 0 aromatic rings. The fraction of sp³-hybridized carbons (Fsp3) is 0.500. The van der Waals surface area contributed by atoms with E-state index in [9.17, 15) is 9.59 Å². The van der Waals surface area contributed by atoms with Crippen molar-refractivity contribution in [2.45, 2.75) is 0 Å². The summed E-state index contributed by atoms with van der Waals surface area (Å²) in [4.78, 5) is 25.2. The average molecular weight is 222 g/mol. The second-order valence-electron chi connectivity index (χ2n) is 3.82. The number of rotatable bonds is 6. The first-order valence-electron chi connectivity index (χ1n) is 5.44. The summed E-state index contributed by atoms with van der Waals surface area (Å²) in [5, 5.41) is 3.22. The lowest BCUT2D eigenvalue weighted by Crippen LogP contribution is -2.47. The van der Waals surface area contributed by atoms with Gasteiger partial charge < -0.3 is 5.32 Å². The van der Waals surface area contributed by atoms with Crippen molar-refractivity contribution in [3.8, 4) is 0 Å². The highest BCUT2D eigenvalue weighted by Gasteiger charge is 2.25. The molecule has 0 aliphatic carbocycles. The van der Waals surface area contributed by atoms with E-state index in [1.54, 1.807) is 0 Å². The minimum Gasteiger partial charge on any atom is -0.314 e. The maximum atomic E-state index is 11.6. The highest BCUT2D eigenvalue weighted by molar-refractivity contribution is 6.11. The van der Waals surface area contributed by atoms with Gasteiger partial charge >= 0.3 is 0 Å². The molecule has 0 aromatic heterocycles. The molecule has 1 heterocycles. The Bertz CT molecular complexity index is 273. The van der Waals surface area contributed by atoms with Crippen molar-refractivity contribution in [3.05, 3.63) is 25.3 Å². The first-order valence-corrected chi connectivity index (χ1v) is 5.44. The third-order valence-corrected chi connectivity index (χ3v) is 2.74. The van der Waals surface area contributed by atoms with Crippen LogP contribution in [0.5, 0.6) is 0 Å². The number of carbonyl (C=O) groups excluding carboxylic acids is 2. The molecule has 0 saturated carbocycles. The van der Waals surface area contributed by atoms with Crippen LogP contribution in [0.25, 0.3) is 0 Å². The molecule has 0 amide bonds. The van der Waals surface area contributed by atoms with Crippen LogP contribution in [0.1, 0.15) is 0 Å². The summed E-state index contributed by atoms with van der Waals surface area (Å²) in [6.07, 6.45) is 2.43. The van der Waals surface area contributed by atoms with E-state index in [4.69, 9.17) is 0 Å².